The highest BCUT2D eigenvalue weighted by atomic mass is 16.5. The van der Waals surface area contributed by atoms with Crippen molar-refractivity contribution in [1.29, 1.82) is 0 Å². The van der Waals surface area contributed by atoms with E-state index in [0.717, 1.165) is 13.1 Å². The fourth-order valence-electron chi connectivity index (χ4n) is 2.72. The summed E-state index contributed by atoms with van der Waals surface area (Å²) in [5, 5.41) is 3.56. The summed E-state index contributed by atoms with van der Waals surface area (Å²) < 4.78 is 5.81. The van der Waals surface area contributed by atoms with Crippen molar-refractivity contribution < 1.29 is 4.74 Å². The summed E-state index contributed by atoms with van der Waals surface area (Å²) in [5.41, 5.74) is 3.02. The summed E-state index contributed by atoms with van der Waals surface area (Å²) >= 11 is 0. The van der Waals surface area contributed by atoms with Crippen molar-refractivity contribution in [2.24, 2.45) is 5.41 Å². The third kappa shape index (κ3) is 13.1. The number of unbranched alkanes of at least 4 members (excludes halogenated alkanes) is 4. The molecule has 0 bridgehead atoms. The number of hydrogen-bond acceptors (Lipinski definition) is 2. The quantitative estimate of drug-likeness (QED) is 0.463. The van der Waals surface area contributed by atoms with E-state index in [0.29, 0.717) is 12.0 Å². The molecule has 1 N–H and O–H groups in total. The standard InChI is InChI=1S/C23H41NO/c1-22(2,3)16-10-8-7-9-11-17-24-18-20-12-14-21(15-13-20)19-25-23(4,5)6/h12-15,24H,7-11,16-19H2,1-6H3. The summed E-state index contributed by atoms with van der Waals surface area (Å²) in [6.07, 6.45) is 8.12. The summed E-state index contributed by atoms with van der Waals surface area (Å²) in [4.78, 5) is 0. The Labute approximate surface area is 156 Å². The van der Waals surface area contributed by atoms with Gasteiger partial charge in [0.2, 0.25) is 0 Å². The zero-order valence-corrected chi connectivity index (χ0v) is 17.6. The first-order chi connectivity index (χ1) is 11.7. The smallest absolute Gasteiger partial charge is 0.0724 e. The number of nitrogens with one attached hydrogen (secondary N) is 1. The van der Waals surface area contributed by atoms with Crippen LogP contribution in [0.3, 0.4) is 0 Å². The maximum atomic E-state index is 5.81. The van der Waals surface area contributed by atoms with Crippen molar-refractivity contribution in [1.82, 2.24) is 5.32 Å². The van der Waals surface area contributed by atoms with Crippen LogP contribution in [0.15, 0.2) is 24.3 Å². The summed E-state index contributed by atoms with van der Waals surface area (Å²) in [5.74, 6) is 0. The van der Waals surface area contributed by atoms with Crippen LogP contribution in [-0.4, -0.2) is 12.1 Å². The maximum absolute atomic E-state index is 5.81. The van der Waals surface area contributed by atoms with E-state index in [1.165, 1.54) is 49.7 Å². The highest BCUT2D eigenvalue weighted by Crippen LogP contribution is 2.22. The topological polar surface area (TPSA) is 21.3 Å². The SMILES string of the molecule is CC(C)(C)CCCCCCCNCc1ccc(COC(C)(C)C)cc1. The average Bonchev–Trinajstić information content (AvgIpc) is 2.50. The van der Waals surface area contributed by atoms with Gasteiger partial charge in [0.15, 0.2) is 0 Å². The Bertz CT molecular complexity index is 450. The van der Waals surface area contributed by atoms with Crippen molar-refractivity contribution in [3.05, 3.63) is 35.4 Å². The van der Waals surface area contributed by atoms with Gasteiger partial charge in [-0.2, -0.15) is 0 Å². The predicted octanol–water partition coefficient (Wildman–Crippen LogP) is 6.48. The first-order valence-corrected chi connectivity index (χ1v) is 10.1. The zero-order valence-electron chi connectivity index (χ0n) is 17.6. The van der Waals surface area contributed by atoms with E-state index in [1.54, 1.807) is 0 Å². The second-order valence-corrected chi connectivity index (χ2v) is 9.47. The fourth-order valence-corrected chi connectivity index (χ4v) is 2.72. The van der Waals surface area contributed by atoms with E-state index in [2.05, 4.69) is 71.1 Å². The Hall–Kier alpha value is -0.860. The Morgan fingerprint density at radius 1 is 0.760 bits per heavy atom. The minimum Gasteiger partial charge on any atom is -0.371 e. The van der Waals surface area contributed by atoms with E-state index < -0.39 is 0 Å². The molecule has 0 saturated carbocycles. The molecular weight excluding hydrogens is 306 g/mol. The van der Waals surface area contributed by atoms with E-state index in [4.69, 9.17) is 4.74 Å². The number of ether oxygens (including phenoxy) is 1. The van der Waals surface area contributed by atoms with E-state index in [-0.39, 0.29) is 5.60 Å². The number of rotatable bonds is 11. The average molecular weight is 348 g/mol. The van der Waals surface area contributed by atoms with Crippen LogP contribution in [0.4, 0.5) is 0 Å². The van der Waals surface area contributed by atoms with Crippen molar-refractivity contribution >= 4 is 0 Å². The molecule has 0 aliphatic heterocycles. The highest BCUT2D eigenvalue weighted by molar-refractivity contribution is 5.21. The minimum absolute atomic E-state index is 0.0764. The highest BCUT2D eigenvalue weighted by Gasteiger charge is 2.10. The first kappa shape index (κ1) is 22.2. The van der Waals surface area contributed by atoms with Crippen LogP contribution in [0.5, 0.6) is 0 Å². The van der Waals surface area contributed by atoms with Gasteiger partial charge in [0, 0.05) is 6.54 Å². The van der Waals surface area contributed by atoms with Crippen LogP contribution >= 0.6 is 0 Å². The zero-order chi connectivity index (χ0) is 18.8. The molecule has 1 aromatic carbocycles. The molecule has 25 heavy (non-hydrogen) atoms. The predicted molar refractivity (Wildman–Crippen MR) is 110 cm³/mol. The van der Waals surface area contributed by atoms with Gasteiger partial charge in [0.25, 0.3) is 0 Å². The molecule has 0 amide bonds. The Morgan fingerprint density at radius 2 is 1.32 bits per heavy atom. The lowest BCUT2D eigenvalue weighted by molar-refractivity contribution is -0.0149. The molecule has 2 nitrogen and oxygen atoms in total. The Morgan fingerprint density at radius 3 is 1.92 bits per heavy atom. The molecular formula is C23H41NO. The second kappa shape index (κ2) is 11.0. The van der Waals surface area contributed by atoms with Gasteiger partial charge in [-0.3, -0.25) is 0 Å². The fraction of sp³-hybridized carbons (Fsp3) is 0.739. The molecule has 0 aromatic heterocycles. The normalized spacial score (nSPS) is 12.6. The lowest BCUT2D eigenvalue weighted by atomic mass is 9.89. The van der Waals surface area contributed by atoms with Crippen molar-refractivity contribution in [2.45, 2.75) is 98.8 Å². The van der Waals surface area contributed by atoms with Crippen LogP contribution in [0, 0.1) is 5.41 Å². The Balaban J connectivity index is 2.05. The minimum atomic E-state index is -0.0764. The molecule has 144 valence electrons. The molecule has 0 radical (unpaired) electrons. The molecule has 2 heteroatoms. The van der Waals surface area contributed by atoms with Gasteiger partial charge in [-0.15, -0.1) is 0 Å². The largest absolute Gasteiger partial charge is 0.371 e. The third-order valence-electron chi connectivity index (χ3n) is 4.30. The van der Waals surface area contributed by atoms with E-state index >= 15 is 0 Å². The molecule has 0 spiro atoms. The van der Waals surface area contributed by atoms with Gasteiger partial charge < -0.3 is 10.1 Å². The molecule has 1 aromatic rings. The third-order valence-corrected chi connectivity index (χ3v) is 4.30. The van der Waals surface area contributed by atoms with Crippen LogP contribution in [-0.2, 0) is 17.9 Å². The van der Waals surface area contributed by atoms with Crippen LogP contribution in [0.2, 0.25) is 0 Å². The maximum Gasteiger partial charge on any atom is 0.0724 e. The molecule has 0 aliphatic carbocycles. The summed E-state index contributed by atoms with van der Waals surface area (Å²) in [6.45, 7) is 16.1. The summed E-state index contributed by atoms with van der Waals surface area (Å²) in [6, 6.07) is 8.78. The summed E-state index contributed by atoms with van der Waals surface area (Å²) in [7, 11) is 0. The van der Waals surface area contributed by atoms with Gasteiger partial charge in [0.05, 0.1) is 12.2 Å². The van der Waals surface area contributed by atoms with Crippen LogP contribution in [0.25, 0.3) is 0 Å². The molecule has 1 rings (SSSR count). The molecule has 0 aliphatic rings. The lowest BCUT2D eigenvalue weighted by Crippen LogP contribution is -2.18. The van der Waals surface area contributed by atoms with E-state index in [9.17, 15) is 0 Å². The van der Waals surface area contributed by atoms with Crippen molar-refractivity contribution in [3.63, 3.8) is 0 Å². The van der Waals surface area contributed by atoms with Crippen LogP contribution < -0.4 is 5.32 Å². The molecule has 0 unspecified atom stereocenters. The molecule has 0 saturated heterocycles. The van der Waals surface area contributed by atoms with Crippen molar-refractivity contribution in [3.8, 4) is 0 Å². The van der Waals surface area contributed by atoms with Gasteiger partial charge in [0.1, 0.15) is 0 Å². The second-order valence-electron chi connectivity index (χ2n) is 9.47. The van der Waals surface area contributed by atoms with Gasteiger partial charge >= 0.3 is 0 Å². The first-order valence-electron chi connectivity index (χ1n) is 10.1. The lowest BCUT2D eigenvalue weighted by Gasteiger charge is -2.19. The number of benzene rings is 1. The molecule has 0 atom stereocenters. The van der Waals surface area contributed by atoms with E-state index in [1.807, 2.05) is 0 Å². The molecule has 0 heterocycles. The number of hydrogen-bond donors (Lipinski definition) is 1. The van der Waals surface area contributed by atoms with Gasteiger partial charge in [-0.25, -0.2) is 0 Å². The van der Waals surface area contributed by atoms with Crippen LogP contribution in [0.1, 0.15) is 91.2 Å². The van der Waals surface area contributed by atoms with Gasteiger partial charge in [-0.1, -0.05) is 70.7 Å². The molecule has 0 fully saturated rings. The monoisotopic (exact) mass is 347 g/mol. The Kier molecular flexibility index (Phi) is 9.74. The van der Waals surface area contributed by atoms with Crippen molar-refractivity contribution in [2.75, 3.05) is 6.54 Å². The van der Waals surface area contributed by atoms with Gasteiger partial charge in [-0.05, 0) is 56.7 Å².